The quantitative estimate of drug-likeness (QED) is 0.905. The first-order valence-corrected chi connectivity index (χ1v) is 7.16. The van der Waals surface area contributed by atoms with Gasteiger partial charge in [0.05, 0.1) is 0 Å². The van der Waals surface area contributed by atoms with Crippen LogP contribution in [0.1, 0.15) is 41.6 Å². The zero-order chi connectivity index (χ0) is 14.0. The molecule has 1 aromatic rings. The Labute approximate surface area is 119 Å². The minimum absolute atomic E-state index is 0.0560. The fourth-order valence-electron chi connectivity index (χ4n) is 2.68. The first-order valence-electron chi connectivity index (χ1n) is 6.78. The number of hydrogen-bond donors (Lipinski definition) is 1. The SMILES string of the molecule is Cc1c(Cl)cccc1C(=O)N(C)C1CCC(N)CC1. The molecule has 104 valence electrons. The van der Waals surface area contributed by atoms with Gasteiger partial charge in [0.25, 0.3) is 5.91 Å². The van der Waals surface area contributed by atoms with Crippen LogP contribution in [-0.2, 0) is 0 Å². The van der Waals surface area contributed by atoms with Gasteiger partial charge in [-0.3, -0.25) is 4.79 Å². The highest BCUT2D eigenvalue weighted by molar-refractivity contribution is 6.31. The lowest BCUT2D eigenvalue weighted by atomic mass is 9.90. The summed E-state index contributed by atoms with van der Waals surface area (Å²) in [5, 5.41) is 0.643. The Morgan fingerprint density at radius 1 is 1.32 bits per heavy atom. The fourth-order valence-corrected chi connectivity index (χ4v) is 2.86. The molecule has 1 aliphatic rings. The number of nitrogens with zero attached hydrogens (tertiary/aromatic N) is 1. The number of nitrogens with two attached hydrogens (primary N) is 1. The molecule has 1 saturated carbocycles. The summed E-state index contributed by atoms with van der Waals surface area (Å²) in [4.78, 5) is 14.4. The Morgan fingerprint density at radius 3 is 2.58 bits per heavy atom. The molecule has 2 N–H and O–H groups in total. The molecule has 0 unspecified atom stereocenters. The van der Waals surface area contributed by atoms with Crippen molar-refractivity contribution in [3.05, 3.63) is 34.3 Å². The summed E-state index contributed by atoms with van der Waals surface area (Å²) in [5.41, 5.74) is 7.46. The Morgan fingerprint density at radius 2 is 1.95 bits per heavy atom. The molecule has 0 atom stereocenters. The fraction of sp³-hybridized carbons (Fsp3) is 0.533. The number of hydrogen-bond acceptors (Lipinski definition) is 2. The number of benzene rings is 1. The maximum atomic E-state index is 12.5. The Hall–Kier alpha value is -1.06. The van der Waals surface area contributed by atoms with Gasteiger partial charge in [-0.05, 0) is 50.3 Å². The van der Waals surface area contributed by atoms with E-state index in [0.29, 0.717) is 22.7 Å². The van der Waals surface area contributed by atoms with Crippen LogP contribution in [0.25, 0.3) is 0 Å². The van der Waals surface area contributed by atoms with Crippen LogP contribution in [0.15, 0.2) is 18.2 Å². The molecule has 0 aromatic heterocycles. The van der Waals surface area contributed by atoms with E-state index in [1.807, 2.05) is 37.1 Å². The van der Waals surface area contributed by atoms with Crippen LogP contribution < -0.4 is 5.73 Å². The number of rotatable bonds is 2. The van der Waals surface area contributed by atoms with Gasteiger partial charge in [0, 0.05) is 29.7 Å². The van der Waals surface area contributed by atoms with Gasteiger partial charge in [0.15, 0.2) is 0 Å². The second-order valence-corrected chi connectivity index (χ2v) is 5.80. The van der Waals surface area contributed by atoms with Crippen LogP contribution in [0.3, 0.4) is 0 Å². The molecule has 19 heavy (non-hydrogen) atoms. The van der Waals surface area contributed by atoms with Crippen molar-refractivity contribution in [2.75, 3.05) is 7.05 Å². The van der Waals surface area contributed by atoms with E-state index in [1.54, 1.807) is 0 Å². The lowest BCUT2D eigenvalue weighted by Crippen LogP contribution is -2.42. The van der Waals surface area contributed by atoms with Crippen LogP contribution in [0, 0.1) is 6.92 Å². The van der Waals surface area contributed by atoms with E-state index in [2.05, 4.69) is 0 Å². The minimum Gasteiger partial charge on any atom is -0.339 e. The lowest BCUT2D eigenvalue weighted by molar-refractivity contribution is 0.0689. The van der Waals surface area contributed by atoms with Gasteiger partial charge in [0.2, 0.25) is 0 Å². The van der Waals surface area contributed by atoms with Crippen molar-refractivity contribution < 1.29 is 4.79 Å². The zero-order valence-electron chi connectivity index (χ0n) is 11.5. The van der Waals surface area contributed by atoms with Crippen molar-refractivity contribution in [1.29, 1.82) is 0 Å². The van der Waals surface area contributed by atoms with E-state index < -0.39 is 0 Å². The first-order chi connectivity index (χ1) is 9.00. The minimum atomic E-state index is 0.0560. The molecule has 0 bridgehead atoms. The maximum absolute atomic E-state index is 12.5. The highest BCUT2D eigenvalue weighted by Crippen LogP contribution is 2.25. The van der Waals surface area contributed by atoms with Gasteiger partial charge < -0.3 is 10.6 Å². The first kappa shape index (κ1) is 14.4. The smallest absolute Gasteiger partial charge is 0.254 e. The summed E-state index contributed by atoms with van der Waals surface area (Å²) in [5.74, 6) is 0.0560. The summed E-state index contributed by atoms with van der Waals surface area (Å²) in [6.07, 6.45) is 3.97. The number of halogens is 1. The molecule has 0 radical (unpaired) electrons. The van der Waals surface area contributed by atoms with Gasteiger partial charge in [-0.15, -0.1) is 0 Å². The summed E-state index contributed by atoms with van der Waals surface area (Å²) < 4.78 is 0. The predicted octanol–water partition coefficient (Wildman–Crippen LogP) is 2.99. The molecule has 0 spiro atoms. The molecule has 1 aromatic carbocycles. The van der Waals surface area contributed by atoms with Crippen molar-refractivity contribution in [2.24, 2.45) is 5.73 Å². The zero-order valence-corrected chi connectivity index (χ0v) is 12.3. The Kier molecular flexibility index (Phi) is 4.48. The van der Waals surface area contributed by atoms with Gasteiger partial charge in [0.1, 0.15) is 0 Å². The van der Waals surface area contributed by atoms with Crippen molar-refractivity contribution in [1.82, 2.24) is 4.90 Å². The van der Waals surface area contributed by atoms with E-state index in [4.69, 9.17) is 17.3 Å². The number of carbonyl (C=O) groups is 1. The van der Waals surface area contributed by atoms with Crippen molar-refractivity contribution in [2.45, 2.75) is 44.7 Å². The van der Waals surface area contributed by atoms with E-state index in [0.717, 1.165) is 31.2 Å². The second kappa shape index (κ2) is 5.93. The molecule has 1 fully saturated rings. The largest absolute Gasteiger partial charge is 0.339 e. The average Bonchev–Trinajstić information content (AvgIpc) is 2.41. The average molecular weight is 281 g/mol. The molecule has 3 nitrogen and oxygen atoms in total. The summed E-state index contributed by atoms with van der Waals surface area (Å²) in [6, 6.07) is 6.08. The Balaban J connectivity index is 2.13. The number of amides is 1. The highest BCUT2D eigenvalue weighted by atomic mass is 35.5. The summed E-state index contributed by atoms with van der Waals surface area (Å²) in [7, 11) is 1.88. The predicted molar refractivity (Wildman–Crippen MR) is 78.5 cm³/mol. The van der Waals surface area contributed by atoms with Crippen molar-refractivity contribution >= 4 is 17.5 Å². The third kappa shape index (κ3) is 3.10. The highest BCUT2D eigenvalue weighted by Gasteiger charge is 2.26. The molecule has 0 aliphatic heterocycles. The maximum Gasteiger partial charge on any atom is 0.254 e. The van der Waals surface area contributed by atoms with Gasteiger partial charge >= 0.3 is 0 Å². The molecule has 0 saturated heterocycles. The molecule has 1 aliphatic carbocycles. The standard InChI is InChI=1S/C15H21ClN2O/c1-10-13(4-3-5-14(10)16)15(19)18(2)12-8-6-11(17)7-9-12/h3-5,11-12H,6-9,17H2,1-2H3. The van der Waals surface area contributed by atoms with Crippen molar-refractivity contribution in [3.63, 3.8) is 0 Å². The van der Waals surface area contributed by atoms with E-state index in [-0.39, 0.29) is 5.91 Å². The topological polar surface area (TPSA) is 46.3 Å². The van der Waals surface area contributed by atoms with E-state index in [1.165, 1.54) is 0 Å². The monoisotopic (exact) mass is 280 g/mol. The molecule has 1 amide bonds. The normalized spacial score (nSPS) is 23.2. The third-order valence-electron chi connectivity index (χ3n) is 4.11. The molecule has 0 heterocycles. The molecular weight excluding hydrogens is 260 g/mol. The third-order valence-corrected chi connectivity index (χ3v) is 4.52. The summed E-state index contributed by atoms with van der Waals surface area (Å²) >= 11 is 6.08. The van der Waals surface area contributed by atoms with Gasteiger partial charge in [-0.25, -0.2) is 0 Å². The van der Waals surface area contributed by atoms with E-state index >= 15 is 0 Å². The van der Waals surface area contributed by atoms with E-state index in [9.17, 15) is 4.79 Å². The van der Waals surface area contributed by atoms with Crippen LogP contribution in [0.5, 0.6) is 0 Å². The Bertz CT molecular complexity index is 467. The van der Waals surface area contributed by atoms with Crippen LogP contribution in [0.4, 0.5) is 0 Å². The summed E-state index contributed by atoms with van der Waals surface area (Å²) in [6.45, 7) is 1.89. The molecule has 4 heteroatoms. The van der Waals surface area contributed by atoms with Gasteiger partial charge in [-0.2, -0.15) is 0 Å². The van der Waals surface area contributed by atoms with Crippen LogP contribution in [0.2, 0.25) is 5.02 Å². The second-order valence-electron chi connectivity index (χ2n) is 5.40. The van der Waals surface area contributed by atoms with Crippen molar-refractivity contribution in [3.8, 4) is 0 Å². The van der Waals surface area contributed by atoms with Crippen LogP contribution >= 0.6 is 11.6 Å². The van der Waals surface area contributed by atoms with Crippen LogP contribution in [-0.4, -0.2) is 29.9 Å². The lowest BCUT2D eigenvalue weighted by Gasteiger charge is -2.33. The molecular formula is C15H21ClN2O. The molecule has 2 rings (SSSR count). The van der Waals surface area contributed by atoms with Gasteiger partial charge in [-0.1, -0.05) is 17.7 Å². The number of carbonyl (C=O) groups excluding carboxylic acids is 1.